The topological polar surface area (TPSA) is 68.0 Å². The van der Waals surface area contributed by atoms with Crippen LogP contribution in [0, 0.1) is 17.8 Å². The number of alkyl halides is 2. The van der Waals surface area contributed by atoms with E-state index < -0.39 is 11.4 Å². The molecule has 31 heavy (non-hydrogen) atoms. The molecule has 6 heteroatoms. The van der Waals surface area contributed by atoms with E-state index in [4.69, 9.17) is 10.2 Å². The molecule has 4 unspecified atom stereocenters. The monoisotopic (exact) mass is 530 g/mol. The van der Waals surface area contributed by atoms with Gasteiger partial charge in [0.1, 0.15) is 0 Å². The van der Waals surface area contributed by atoms with Crippen LogP contribution in [0.5, 0.6) is 0 Å². The van der Waals surface area contributed by atoms with Crippen molar-refractivity contribution in [2.75, 3.05) is 4.43 Å². The third-order valence-electron chi connectivity index (χ3n) is 7.47. The van der Waals surface area contributed by atoms with E-state index in [1.54, 1.807) is 0 Å². The zero-order valence-corrected chi connectivity index (χ0v) is 20.2. The molecule has 164 valence electrons. The number of halogens is 1. The molecule has 0 spiro atoms. The number of rotatable bonds is 6. The molecule has 5 rings (SSSR count). The molecular formula is C25H29IN3O2-. The second kappa shape index (κ2) is 8.19. The van der Waals surface area contributed by atoms with E-state index in [0.29, 0.717) is 27.1 Å². The second-order valence-corrected chi connectivity index (χ2v) is 12.6. The maximum absolute atomic E-state index is 12.6. The van der Waals surface area contributed by atoms with Gasteiger partial charge in [-0.15, -0.1) is 0 Å². The fourth-order valence-electron chi connectivity index (χ4n) is 5.19. The number of aliphatic carboxylic acids is 1. The molecule has 1 aromatic heterocycles. The van der Waals surface area contributed by atoms with Crippen LogP contribution < -0.4 is 21.2 Å². The molecule has 0 amide bonds. The minimum absolute atomic E-state index is 0.0907. The summed E-state index contributed by atoms with van der Waals surface area (Å²) >= 11 is 0.361. The Hall–Kier alpha value is -1.96. The number of carboxylic acids is 1. The Bertz CT molecular complexity index is 1040. The van der Waals surface area contributed by atoms with Crippen LogP contribution in [0.15, 0.2) is 42.5 Å². The maximum atomic E-state index is 12.6. The molecule has 2 aliphatic carbocycles. The Morgan fingerprint density at radius 1 is 1.26 bits per heavy atom. The molecule has 1 aliphatic heterocycles. The number of aromatic nitrogens is 3. The average Bonchev–Trinajstić information content (AvgIpc) is 3.56. The van der Waals surface area contributed by atoms with Crippen LogP contribution in [0.25, 0.3) is 11.8 Å². The standard InChI is InChI=1S/C25H29IN3O2/c1-16(25(2,24(30)31)18-8-4-3-5-9-18)19-13-12-17(20-15-26-20)14-23(19)29-27-21-10-6-7-11-22(21)28-29/h3-6,8-10,14,16-17,19-20H,7,11-13,15H2,1-2H3,(H,30,31)/q-1/t16-,17?,19?,20?,25?/m0/s1. The van der Waals surface area contributed by atoms with Crippen LogP contribution in [-0.2, 0) is 16.6 Å². The molecule has 0 saturated carbocycles. The summed E-state index contributed by atoms with van der Waals surface area (Å²) < 4.78 is 2.30. The summed E-state index contributed by atoms with van der Waals surface area (Å²) in [7, 11) is 0. The molecule has 5 nitrogen and oxygen atoms in total. The van der Waals surface area contributed by atoms with Crippen LogP contribution in [0.4, 0.5) is 0 Å². The molecule has 0 radical (unpaired) electrons. The summed E-state index contributed by atoms with van der Waals surface area (Å²) in [6.07, 6.45) is 10.7. The molecule has 2 heterocycles. The number of hydrogen-bond acceptors (Lipinski definition) is 3. The molecule has 1 saturated heterocycles. The summed E-state index contributed by atoms with van der Waals surface area (Å²) in [6, 6.07) is 9.71. The van der Waals surface area contributed by atoms with Crippen molar-refractivity contribution in [3.8, 4) is 0 Å². The number of benzene rings is 1. The predicted octanol–water partition coefficient (Wildman–Crippen LogP) is 1.25. The van der Waals surface area contributed by atoms with Crippen LogP contribution in [0.3, 0.4) is 0 Å². The van der Waals surface area contributed by atoms with Crippen LogP contribution in [-0.4, -0.2) is 34.4 Å². The summed E-state index contributed by atoms with van der Waals surface area (Å²) in [5.41, 5.74) is 3.02. The van der Waals surface area contributed by atoms with Crippen molar-refractivity contribution in [3.05, 3.63) is 59.4 Å². The average molecular weight is 530 g/mol. The molecule has 2 aromatic rings. The summed E-state index contributed by atoms with van der Waals surface area (Å²) in [4.78, 5) is 14.5. The fourth-order valence-corrected chi connectivity index (χ4v) is 7.35. The van der Waals surface area contributed by atoms with Crippen LogP contribution in [0.1, 0.15) is 50.1 Å². The molecule has 1 fully saturated rings. The molecule has 1 aromatic carbocycles. The van der Waals surface area contributed by atoms with Crippen molar-refractivity contribution >= 4 is 17.7 Å². The van der Waals surface area contributed by atoms with Crippen LogP contribution >= 0.6 is 0 Å². The Kier molecular flexibility index (Phi) is 5.52. The van der Waals surface area contributed by atoms with Crippen LogP contribution in [0.2, 0.25) is 0 Å². The Morgan fingerprint density at radius 3 is 2.71 bits per heavy atom. The summed E-state index contributed by atoms with van der Waals surface area (Å²) in [5.74, 6) is -0.145. The van der Waals surface area contributed by atoms with E-state index >= 15 is 0 Å². The molecule has 5 atom stereocenters. The van der Waals surface area contributed by atoms with E-state index in [1.807, 2.05) is 42.1 Å². The number of aryl methyl sites for hydroxylation is 1. The van der Waals surface area contributed by atoms with Gasteiger partial charge in [0, 0.05) is 0 Å². The quantitative estimate of drug-likeness (QED) is 0.451. The number of hydrogen-bond donors (Lipinski definition) is 1. The number of fused-ring (bicyclic) bond motifs is 1. The summed E-state index contributed by atoms with van der Waals surface area (Å²) in [6.45, 7) is 3.99. The van der Waals surface area contributed by atoms with Gasteiger partial charge in [-0.2, -0.15) is 0 Å². The van der Waals surface area contributed by atoms with Gasteiger partial charge in [-0.05, 0) is 0 Å². The van der Waals surface area contributed by atoms with E-state index in [9.17, 15) is 9.90 Å². The zero-order valence-electron chi connectivity index (χ0n) is 18.0. The van der Waals surface area contributed by atoms with Gasteiger partial charge in [0.25, 0.3) is 0 Å². The van der Waals surface area contributed by atoms with E-state index in [-0.39, 0.29) is 11.8 Å². The van der Waals surface area contributed by atoms with Gasteiger partial charge in [-0.1, -0.05) is 0 Å². The van der Waals surface area contributed by atoms with Gasteiger partial charge in [0.15, 0.2) is 0 Å². The third kappa shape index (κ3) is 3.77. The van der Waals surface area contributed by atoms with Crippen molar-refractivity contribution in [1.82, 2.24) is 15.0 Å². The Labute approximate surface area is 193 Å². The molecule has 1 N–H and O–H groups in total. The number of allylic oxidation sites excluding steroid dienone is 3. The predicted molar refractivity (Wildman–Crippen MR) is 117 cm³/mol. The zero-order chi connectivity index (χ0) is 21.6. The van der Waals surface area contributed by atoms with Gasteiger partial charge in [0.2, 0.25) is 0 Å². The number of nitrogens with zero attached hydrogens (tertiary/aromatic N) is 3. The van der Waals surface area contributed by atoms with Crippen molar-refractivity contribution in [2.45, 2.75) is 48.9 Å². The Balaban J connectivity index is 1.56. The van der Waals surface area contributed by atoms with Gasteiger partial charge in [-0.25, -0.2) is 0 Å². The van der Waals surface area contributed by atoms with Gasteiger partial charge >= 0.3 is 194 Å². The van der Waals surface area contributed by atoms with E-state index in [0.717, 1.165) is 52.3 Å². The first kappa shape index (κ1) is 20.9. The van der Waals surface area contributed by atoms with Crippen molar-refractivity contribution < 1.29 is 31.1 Å². The van der Waals surface area contributed by atoms with Crippen molar-refractivity contribution in [1.29, 1.82) is 0 Å². The minimum atomic E-state index is -0.975. The second-order valence-electron chi connectivity index (χ2n) is 9.19. The number of carboxylic acid groups (broad SMARTS) is 1. The van der Waals surface area contributed by atoms with E-state index in [1.165, 1.54) is 4.43 Å². The SMILES string of the molecule is C[C@@H](C1CCC(C2C[I-]2)C=C1n1nc2c(n1)CCC=C2)C(C)(C(=O)O)c1ccccc1. The first-order chi connectivity index (χ1) is 15.0. The molecule has 0 bridgehead atoms. The van der Waals surface area contributed by atoms with Gasteiger partial charge < -0.3 is 0 Å². The first-order valence-electron chi connectivity index (χ1n) is 11.2. The van der Waals surface area contributed by atoms with Gasteiger partial charge in [0.05, 0.1) is 0 Å². The normalized spacial score (nSPS) is 27.9. The number of carbonyl (C=O) groups is 1. The van der Waals surface area contributed by atoms with Crippen molar-refractivity contribution in [3.63, 3.8) is 0 Å². The first-order valence-corrected chi connectivity index (χ1v) is 14.0. The molecular weight excluding hydrogens is 501 g/mol. The van der Waals surface area contributed by atoms with Crippen molar-refractivity contribution in [2.24, 2.45) is 17.8 Å². The summed E-state index contributed by atoms with van der Waals surface area (Å²) in [5, 5.41) is 20.1. The van der Waals surface area contributed by atoms with E-state index in [2.05, 4.69) is 25.2 Å². The molecule has 3 aliphatic rings. The van der Waals surface area contributed by atoms with Gasteiger partial charge in [-0.3, -0.25) is 0 Å². The Morgan fingerprint density at radius 2 is 2.03 bits per heavy atom. The third-order valence-corrected chi connectivity index (χ3v) is 10.3. The fraction of sp³-hybridized carbons (Fsp3) is 0.480.